The zero-order valence-electron chi connectivity index (χ0n) is 29.2. The Kier molecular flexibility index (Phi) is 8.92. The van der Waals surface area contributed by atoms with E-state index in [4.69, 9.17) is 9.97 Å². The maximum absolute atomic E-state index is 11.7. The van der Waals surface area contributed by atoms with Crippen LogP contribution in [0.25, 0.3) is 72.4 Å². The number of fused-ring (bicyclic) bond motifs is 3. The number of hydrogen-bond acceptors (Lipinski definition) is 3. The fourth-order valence-corrected chi connectivity index (χ4v) is 6.89. The van der Waals surface area contributed by atoms with Crippen molar-refractivity contribution in [1.29, 1.82) is 0 Å². The second-order valence-corrected chi connectivity index (χ2v) is 12.7. The van der Waals surface area contributed by atoms with Gasteiger partial charge in [0, 0.05) is 34.0 Å². The van der Waals surface area contributed by atoms with Crippen molar-refractivity contribution >= 4 is 38.6 Å². The molecule has 1 aliphatic carbocycles. The zero-order valence-corrected chi connectivity index (χ0v) is 29.2. The molecule has 2 aromatic heterocycles. The second-order valence-electron chi connectivity index (χ2n) is 12.7. The van der Waals surface area contributed by atoms with E-state index in [0.29, 0.717) is 29.2 Å². The van der Waals surface area contributed by atoms with Crippen LogP contribution in [0.1, 0.15) is 37.9 Å². The molecule has 8 rings (SSSR count). The lowest BCUT2D eigenvalue weighted by atomic mass is 9.96. The minimum absolute atomic E-state index is 0.0140. The highest BCUT2D eigenvalue weighted by molar-refractivity contribution is 6.11. The molecule has 0 atom stereocenters. The summed E-state index contributed by atoms with van der Waals surface area (Å²) in [5.41, 5.74) is 11.1. The number of para-hydroxylation sites is 1. The lowest BCUT2D eigenvalue weighted by Crippen LogP contribution is -1.99. The first-order valence-corrected chi connectivity index (χ1v) is 17.7. The zero-order chi connectivity index (χ0) is 35.4. The average Bonchev–Trinajstić information content (AvgIpc) is 3.33. The third-order valence-corrected chi connectivity index (χ3v) is 9.45. The van der Waals surface area contributed by atoms with Crippen LogP contribution in [-0.2, 0) is 0 Å². The highest BCUT2D eigenvalue weighted by Gasteiger charge is 2.20. The molecule has 0 spiro atoms. The summed E-state index contributed by atoms with van der Waals surface area (Å²) in [6.45, 7) is 4.26. The monoisotopic (exact) mass is 671 g/mol. The number of aromatic hydroxyl groups is 1. The van der Waals surface area contributed by atoms with Crippen LogP contribution >= 0.6 is 0 Å². The van der Waals surface area contributed by atoms with Gasteiger partial charge in [-0.1, -0.05) is 140 Å². The molecule has 0 radical (unpaired) electrons. The number of aromatic nitrogens is 3. The third-order valence-electron chi connectivity index (χ3n) is 9.45. The molecule has 0 bridgehead atoms. The van der Waals surface area contributed by atoms with E-state index in [9.17, 15) is 5.11 Å². The van der Waals surface area contributed by atoms with E-state index < -0.39 is 0 Å². The standard InChI is InChI=1S/C48H37N3O/c1-3-5-25-40(4-2)51-43-27-15-14-26-41(43)42-32-38(28-29-44(42)51)37-24-16-23-36(30-37)35-21-12-13-22-39(31-35)46-47(52)45(33-17-8-6-9-18-33)49-48(50-46)34-19-10-7-11-20-34/h4-11,14-21,23-32,52H,3,12H2,1-2H3/b25-5-,40-4+. The minimum atomic E-state index is 0.0140. The molecule has 4 nitrogen and oxygen atoms in total. The fourth-order valence-electron chi connectivity index (χ4n) is 6.89. The normalized spacial score (nSPS) is 13.2. The molecule has 1 N–H and O–H groups in total. The van der Waals surface area contributed by atoms with Crippen molar-refractivity contribution in [3.05, 3.63) is 169 Å². The van der Waals surface area contributed by atoms with Crippen LogP contribution in [0.15, 0.2) is 158 Å². The van der Waals surface area contributed by atoms with Crippen LogP contribution in [-0.4, -0.2) is 19.6 Å². The molecule has 1 aliphatic rings. The van der Waals surface area contributed by atoms with Gasteiger partial charge >= 0.3 is 0 Å². The molecule has 7 aromatic rings. The molecule has 0 aliphatic heterocycles. The van der Waals surface area contributed by atoms with E-state index in [-0.39, 0.29) is 5.75 Å². The summed E-state index contributed by atoms with van der Waals surface area (Å²) in [4.78, 5) is 9.73. The van der Waals surface area contributed by atoms with Crippen LogP contribution in [0.4, 0.5) is 0 Å². The van der Waals surface area contributed by atoms with Crippen molar-refractivity contribution in [2.24, 2.45) is 0 Å². The summed E-state index contributed by atoms with van der Waals surface area (Å²) in [6.07, 6.45) is 12.3. The van der Waals surface area contributed by atoms with Crippen molar-refractivity contribution in [2.75, 3.05) is 0 Å². The molecule has 250 valence electrons. The molecular weight excluding hydrogens is 635 g/mol. The average molecular weight is 672 g/mol. The fraction of sp³-hybridized carbons (Fsp3) is 0.0833. The van der Waals surface area contributed by atoms with E-state index in [1.165, 1.54) is 21.8 Å². The first-order valence-electron chi connectivity index (χ1n) is 17.7. The summed E-state index contributed by atoms with van der Waals surface area (Å²) >= 11 is 0. The SMILES string of the molecule is C/C=C(\C=C/CC)n1c2ccccc2c2cc(-c3cccc(C4=CCC#CC(c5nc(-c6ccccc6)nc(-c6ccccc6)c5O)=C4)c3)ccc21. The molecule has 5 aromatic carbocycles. The number of hydrogen-bond donors (Lipinski definition) is 1. The molecule has 52 heavy (non-hydrogen) atoms. The quantitative estimate of drug-likeness (QED) is 0.129. The summed E-state index contributed by atoms with van der Waals surface area (Å²) in [6, 6.07) is 43.6. The van der Waals surface area contributed by atoms with Crippen LogP contribution in [0, 0.1) is 11.8 Å². The van der Waals surface area contributed by atoms with E-state index >= 15 is 0 Å². The van der Waals surface area contributed by atoms with Gasteiger partial charge in [0.25, 0.3) is 0 Å². The topological polar surface area (TPSA) is 50.9 Å². The Bertz CT molecular complexity index is 2650. The van der Waals surface area contributed by atoms with Gasteiger partial charge in [0.1, 0.15) is 11.4 Å². The largest absolute Gasteiger partial charge is 0.504 e. The third kappa shape index (κ3) is 6.14. The van der Waals surface area contributed by atoms with Crippen LogP contribution < -0.4 is 0 Å². The molecule has 0 fully saturated rings. The Morgan fingerprint density at radius 2 is 1.38 bits per heavy atom. The molecular formula is C48H37N3O. The number of rotatable bonds is 8. The Labute approximate surface area is 304 Å². The van der Waals surface area contributed by atoms with E-state index in [1.54, 1.807) is 0 Å². The predicted molar refractivity (Wildman–Crippen MR) is 217 cm³/mol. The first-order chi connectivity index (χ1) is 25.6. The first kappa shape index (κ1) is 32.5. The number of benzene rings is 5. The van der Waals surface area contributed by atoms with Crippen LogP contribution in [0.3, 0.4) is 0 Å². The van der Waals surface area contributed by atoms with Gasteiger partial charge in [-0.3, -0.25) is 0 Å². The molecule has 0 amide bonds. The van der Waals surface area contributed by atoms with Gasteiger partial charge in [-0.25, -0.2) is 9.97 Å². The Morgan fingerprint density at radius 3 is 2.17 bits per heavy atom. The van der Waals surface area contributed by atoms with Crippen LogP contribution in [0.5, 0.6) is 5.75 Å². The van der Waals surface area contributed by atoms with Gasteiger partial charge in [0.15, 0.2) is 11.6 Å². The van der Waals surface area contributed by atoms with Crippen molar-refractivity contribution < 1.29 is 5.11 Å². The maximum Gasteiger partial charge on any atom is 0.169 e. The predicted octanol–water partition coefficient (Wildman–Crippen LogP) is 12.0. The van der Waals surface area contributed by atoms with Gasteiger partial charge in [0.2, 0.25) is 0 Å². The van der Waals surface area contributed by atoms with Crippen molar-refractivity contribution in [3.8, 4) is 51.4 Å². The van der Waals surface area contributed by atoms with E-state index in [1.807, 2.05) is 66.7 Å². The van der Waals surface area contributed by atoms with Crippen molar-refractivity contribution in [3.63, 3.8) is 0 Å². The van der Waals surface area contributed by atoms with Gasteiger partial charge in [-0.15, -0.1) is 0 Å². The van der Waals surface area contributed by atoms with Gasteiger partial charge in [-0.05, 0) is 72.0 Å². The molecule has 0 saturated carbocycles. The van der Waals surface area contributed by atoms with Crippen molar-refractivity contribution in [2.45, 2.75) is 26.7 Å². The van der Waals surface area contributed by atoms with Crippen molar-refractivity contribution in [1.82, 2.24) is 14.5 Å². The summed E-state index contributed by atoms with van der Waals surface area (Å²) in [5, 5.41) is 14.1. The molecule has 0 saturated heterocycles. The number of nitrogens with zero attached hydrogens (tertiary/aromatic N) is 3. The molecule has 4 heteroatoms. The lowest BCUT2D eigenvalue weighted by Gasteiger charge is -2.13. The molecule has 0 unspecified atom stereocenters. The highest BCUT2D eigenvalue weighted by Crippen LogP contribution is 2.38. The number of allylic oxidation sites excluding steroid dienone is 8. The van der Waals surface area contributed by atoms with Gasteiger partial charge in [-0.2, -0.15) is 0 Å². The summed E-state index contributed by atoms with van der Waals surface area (Å²) in [5.74, 6) is 7.13. The second kappa shape index (κ2) is 14.3. The minimum Gasteiger partial charge on any atom is -0.504 e. The van der Waals surface area contributed by atoms with Crippen LogP contribution in [0.2, 0.25) is 0 Å². The lowest BCUT2D eigenvalue weighted by molar-refractivity contribution is 0.470. The Morgan fingerprint density at radius 1 is 0.712 bits per heavy atom. The maximum atomic E-state index is 11.7. The van der Waals surface area contributed by atoms with Gasteiger partial charge < -0.3 is 9.67 Å². The smallest absolute Gasteiger partial charge is 0.169 e. The Hall–Kier alpha value is -6.70. The Balaban J connectivity index is 1.21. The van der Waals surface area contributed by atoms with Gasteiger partial charge in [0.05, 0.1) is 16.6 Å². The molecule has 2 heterocycles. The highest BCUT2D eigenvalue weighted by atomic mass is 16.3. The summed E-state index contributed by atoms with van der Waals surface area (Å²) < 4.78 is 2.36. The van der Waals surface area contributed by atoms with E-state index in [2.05, 4.69) is 121 Å². The summed E-state index contributed by atoms with van der Waals surface area (Å²) in [7, 11) is 0. The van der Waals surface area contributed by atoms with E-state index in [0.717, 1.165) is 45.5 Å².